The minimum atomic E-state index is -3.25. The van der Waals surface area contributed by atoms with Gasteiger partial charge in [-0.05, 0) is 42.8 Å². The Hall–Kier alpha value is -2.78. The molecule has 0 unspecified atom stereocenters. The average Bonchev–Trinajstić information content (AvgIpc) is 3.09. The van der Waals surface area contributed by atoms with E-state index in [0.717, 1.165) is 23.4 Å². The molecule has 0 saturated carbocycles. The number of nitrogens with one attached hydrogen (secondary N) is 1. The first-order valence-electron chi connectivity index (χ1n) is 7.95. The van der Waals surface area contributed by atoms with Crippen molar-refractivity contribution in [2.24, 2.45) is 0 Å². The number of carbonyl (C=O) groups excluding carboxylic acids is 1. The monoisotopic (exact) mass is 403 g/mol. The van der Waals surface area contributed by atoms with Crippen LogP contribution in [0.5, 0.6) is 5.75 Å². The van der Waals surface area contributed by atoms with Crippen LogP contribution in [-0.4, -0.2) is 36.5 Å². The fourth-order valence-electron chi connectivity index (χ4n) is 2.26. The van der Waals surface area contributed by atoms with Gasteiger partial charge in [0.1, 0.15) is 5.75 Å². The second kappa shape index (κ2) is 7.85. The highest BCUT2D eigenvalue weighted by atomic mass is 32.2. The van der Waals surface area contributed by atoms with Crippen LogP contribution in [0, 0.1) is 6.92 Å². The van der Waals surface area contributed by atoms with E-state index in [1.165, 1.54) is 12.1 Å². The van der Waals surface area contributed by atoms with Crippen LogP contribution in [0.2, 0.25) is 0 Å². The van der Waals surface area contributed by atoms with Gasteiger partial charge < -0.3 is 4.74 Å². The number of benzene rings is 2. The van der Waals surface area contributed by atoms with Gasteiger partial charge in [0.15, 0.2) is 22.3 Å². The number of aryl methyl sites for hydroxylation is 1. The van der Waals surface area contributed by atoms with E-state index >= 15 is 0 Å². The molecule has 140 valence electrons. The summed E-state index contributed by atoms with van der Waals surface area (Å²) in [5.74, 6) is 0.722. The van der Waals surface area contributed by atoms with Gasteiger partial charge in [-0.3, -0.25) is 10.1 Å². The second-order valence-electron chi connectivity index (χ2n) is 5.82. The molecule has 1 amide bonds. The smallest absolute Gasteiger partial charge is 0.264 e. The number of hydrogen-bond acceptors (Lipinski definition) is 7. The fourth-order valence-corrected chi connectivity index (χ4v) is 3.50. The van der Waals surface area contributed by atoms with Crippen molar-refractivity contribution >= 4 is 32.4 Å². The lowest BCUT2D eigenvalue weighted by atomic mass is 10.2. The maximum absolute atomic E-state index is 12.0. The summed E-state index contributed by atoms with van der Waals surface area (Å²) in [4.78, 5) is 16.5. The van der Waals surface area contributed by atoms with Gasteiger partial charge in [-0.2, -0.15) is 9.36 Å². The van der Waals surface area contributed by atoms with Crippen molar-refractivity contribution in [3.05, 3.63) is 54.1 Å². The Morgan fingerprint density at radius 3 is 2.52 bits per heavy atom. The van der Waals surface area contributed by atoms with Gasteiger partial charge in [0, 0.05) is 23.4 Å². The van der Waals surface area contributed by atoms with Crippen LogP contribution < -0.4 is 10.1 Å². The minimum Gasteiger partial charge on any atom is -0.483 e. The third kappa shape index (κ3) is 4.89. The highest BCUT2D eigenvalue weighted by Crippen LogP contribution is 2.23. The van der Waals surface area contributed by atoms with E-state index in [1.54, 1.807) is 18.2 Å². The number of aromatic nitrogens is 2. The Balaban J connectivity index is 1.62. The van der Waals surface area contributed by atoms with Crippen molar-refractivity contribution in [2.45, 2.75) is 11.8 Å². The first-order valence-corrected chi connectivity index (χ1v) is 10.6. The number of sulfone groups is 1. The average molecular weight is 403 g/mol. The van der Waals surface area contributed by atoms with Crippen molar-refractivity contribution in [2.75, 3.05) is 18.2 Å². The first-order chi connectivity index (χ1) is 12.8. The number of anilines is 1. The van der Waals surface area contributed by atoms with E-state index in [9.17, 15) is 13.2 Å². The van der Waals surface area contributed by atoms with Crippen molar-refractivity contribution in [1.82, 2.24) is 9.36 Å². The predicted molar refractivity (Wildman–Crippen MR) is 104 cm³/mol. The van der Waals surface area contributed by atoms with E-state index in [2.05, 4.69) is 14.7 Å². The molecule has 27 heavy (non-hydrogen) atoms. The molecule has 0 saturated heterocycles. The molecule has 0 radical (unpaired) electrons. The Bertz CT molecular complexity index is 1060. The van der Waals surface area contributed by atoms with Gasteiger partial charge in [0.2, 0.25) is 5.13 Å². The summed E-state index contributed by atoms with van der Waals surface area (Å²) in [6, 6.07) is 13.7. The molecule has 0 atom stereocenters. The first kappa shape index (κ1) is 19.0. The van der Waals surface area contributed by atoms with Gasteiger partial charge in [-0.25, -0.2) is 8.42 Å². The van der Waals surface area contributed by atoms with Crippen molar-refractivity contribution in [3.63, 3.8) is 0 Å². The van der Waals surface area contributed by atoms with Crippen molar-refractivity contribution in [1.29, 1.82) is 0 Å². The number of carbonyl (C=O) groups is 1. The molecule has 0 fully saturated rings. The van der Waals surface area contributed by atoms with Crippen LogP contribution in [0.4, 0.5) is 5.13 Å². The molecule has 9 heteroatoms. The lowest BCUT2D eigenvalue weighted by Crippen LogP contribution is -2.20. The molecule has 1 N–H and O–H groups in total. The molecule has 1 aromatic heterocycles. The maximum Gasteiger partial charge on any atom is 0.264 e. The number of hydrogen-bond donors (Lipinski definition) is 1. The Morgan fingerprint density at radius 2 is 1.85 bits per heavy atom. The van der Waals surface area contributed by atoms with E-state index in [1.807, 2.05) is 25.1 Å². The molecule has 1 heterocycles. The largest absolute Gasteiger partial charge is 0.483 e. The van der Waals surface area contributed by atoms with Crippen LogP contribution in [0.25, 0.3) is 11.4 Å². The molecule has 0 aliphatic carbocycles. The zero-order chi connectivity index (χ0) is 19.4. The molecule has 0 aliphatic rings. The van der Waals surface area contributed by atoms with Gasteiger partial charge in [0.05, 0.1) is 4.90 Å². The van der Waals surface area contributed by atoms with Gasteiger partial charge in [-0.1, -0.05) is 18.2 Å². The summed E-state index contributed by atoms with van der Waals surface area (Å²) in [7, 11) is -3.25. The highest BCUT2D eigenvalue weighted by Gasteiger charge is 2.12. The molecule has 3 rings (SSSR count). The molecule has 2 aromatic carbocycles. The number of nitrogens with zero attached hydrogens (tertiary/aromatic N) is 2. The normalized spacial score (nSPS) is 11.2. The van der Waals surface area contributed by atoms with E-state index < -0.39 is 9.84 Å². The fraction of sp³-hybridized carbons (Fsp3) is 0.167. The highest BCUT2D eigenvalue weighted by molar-refractivity contribution is 7.90. The summed E-state index contributed by atoms with van der Waals surface area (Å²) < 4.78 is 32.7. The van der Waals surface area contributed by atoms with Crippen LogP contribution in [0.15, 0.2) is 53.4 Å². The summed E-state index contributed by atoms with van der Waals surface area (Å²) >= 11 is 1.04. The topological polar surface area (TPSA) is 98.2 Å². The van der Waals surface area contributed by atoms with Crippen LogP contribution in [0.1, 0.15) is 5.56 Å². The van der Waals surface area contributed by atoms with Gasteiger partial charge in [-0.15, -0.1) is 0 Å². The number of ether oxygens (including phenoxy) is 1. The summed E-state index contributed by atoms with van der Waals surface area (Å²) in [5.41, 5.74) is 1.61. The third-order valence-electron chi connectivity index (χ3n) is 3.67. The SMILES string of the molecule is Cc1ccccc1OCC(=O)Nc1nc(-c2ccc(S(C)(=O)=O)cc2)ns1. The zero-order valence-corrected chi connectivity index (χ0v) is 16.3. The van der Waals surface area contributed by atoms with E-state index in [0.29, 0.717) is 22.3 Å². The number of para-hydroxylation sites is 1. The van der Waals surface area contributed by atoms with E-state index in [4.69, 9.17) is 4.74 Å². The van der Waals surface area contributed by atoms with E-state index in [-0.39, 0.29) is 17.4 Å². The lowest BCUT2D eigenvalue weighted by Gasteiger charge is -2.07. The third-order valence-corrected chi connectivity index (χ3v) is 5.42. The minimum absolute atomic E-state index is 0.136. The predicted octanol–water partition coefficient (Wildman–Crippen LogP) is 2.93. The molecule has 0 spiro atoms. The quantitative estimate of drug-likeness (QED) is 0.679. The number of rotatable bonds is 6. The molecule has 7 nitrogen and oxygen atoms in total. The van der Waals surface area contributed by atoms with Gasteiger partial charge >= 0.3 is 0 Å². The maximum atomic E-state index is 12.0. The lowest BCUT2D eigenvalue weighted by molar-refractivity contribution is -0.118. The molecule has 0 bridgehead atoms. The van der Waals surface area contributed by atoms with Crippen LogP contribution >= 0.6 is 11.5 Å². The Kier molecular flexibility index (Phi) is 5.52. The van der Waals surface area contributed by atoms with Crippen molar-refractivity contribution < 1.29 is 17.9 Å². The molecular weight excluding hydrogens is 386 g/mol. The van der Waals surface area contributed by atoms with Crippen LogP contribution in [-0.2, 0) is 14.6 Å². The molecular formula is C18H17N3O4S2. The standard InChI is InChI=1S/C18H17N3O4S2/c1-12-5-3-4-6-15(12)25-11-16(22)19-18-20-17(21-26-18)13-7-9-14(10-8-13)27(2,23)24/h3-10H,11H2,1-2H3,(H,19,20,21,22). The Morgan fingerprint density at radius 1 is 1.15 bits per heavy atom. The molecule has 3 aromatic rings. The zero-order valence-electron chi connectivity index (χ0n) is 14.7. The Labute approximate surface area is 161 Å². The van der Waals surface area contributed by atoms with Gasteiger partial charge in [0.25, 0.3) is 5.91 Å². The molecule has 0 aliphatic heterocycles. The van der Waals surface area contributed by atoms with Crippen molar-refractivity contribution in [3.8, 4) is 17.1 Å². The summed E-state index contributed by atoms with van der Waals surface area (Å²) in [6.45, 7) is 1.77. The van der Waals surface area contributed by atoms with Crippen LogP contribution in [0.3, 0.4) is 0 Å². The number of amides is 1. The summed E-state index contributed by atoms with van der Waals surface area (Å²) in [6.07, 6.45) is 1.15. The summed E-state index contributed by atoms with van der Waals surface area (Å²) in [5, 5.41) is 2.99. The second-order valence-corrected chi connectivity index (χ2v) is 8.59.